The van der Waals surface area contributed by atoms with Gasteiger partial charge in [0.2, 0.25) is 0 Å². The Morgan fingerprint density at radius 3 is 1.93 bits per heavy atom. The van der Waals surface area contributed by atoms with Crippen LogP contribution in [0.5, 0.6) is 0 Å². The van der Waals surface area contributed by atoms with E-state index in [1.54, 1.807) is 0 Å². The third-order valence-corrected chi connectivity index (χ3v) is 9.47. The quantitative estimate of drug-likeness (QED) is 0.420. The lowest BCUT2D eigenvalue weighted by molar-refractivity contribution is 0.439. The summed E-state index contributed by atoms with van der Waals surface area (Å²) in [5.41, 5.74) is 0. The van der Waals surface area contributed by atoms with Gasteiger partial charge in [0.25, 0.3) is 0 Å². The Bertz CT molecular complexity index is 156. The summed E-state index contributed by atoms with van der Waals surface area (Å²) in [5, 5.41) is 0. The summed E-state index contributed by atoms with van der Waals surface area (Å²) in [6, 6.07) is 4.16. The Hall–Kier alpha value is -0.0831. The maximum Gasteiger partial charge on any atom is 0.127 e. The lowest BCUT2D eigenvalue weighted by Crippen LogP contribution is -2.52. The Balaban J connectivity index is 4.57. The summed E-state index contributed by atoms with van der Waals surface area (Å²) in [6.07, 6.45) is 4.72. The summed E-state index contributed by atoms with van der Waals surface area (Å²) in [7, 11) is -1.14. The van der Waals surface area contributed by atoms with Gasteiger partial charge in [0.1, 0.15) is 8.24 Å². The topological polar surface area (TPSA) is 3.24 Å². The first-order valence-corrected chi connectivity index (χ1v) is 9.13. The van der Waals surface area contributed by atoms with Crippen molar-refractivity contribution in [2.24, 2.45) is 0 Å². The van der Waals surface area contributed by atoms with E-state index in [-0.39, 0.29) is 0 Å². The van der Waals surface area contributed by atoms with Crippen LogP contribution < -0.4 is 0 Å². The average molecular weight is 227 g/mol. The molecule has 0 aliphatic rings. The molecule has 0 heterocycles. The molecule has 0 fully saturated rings. The fourth-order valence-electron chi connectivity index (χ4n) is 2.45. The Labute approximate surface area is 97.6 Å². The second kappa shape index (κ2) is 8.11. The summed E-state index contributed by atoms with van der Waals surface area (Å²) in [5.74, 6) is 0. The van der Waals surface area contributed by atoms with E-state index in [1.165, 1.54) is 37.5 Å². The van der Waals surface area contributed by atoms with Gasteiger partial charge in [-0.2, -0.15) is 0 Å². The summed E-state index contributed by atoms with van der Waals surface area (Å²) in [4.78, 5) is 0. The number of unbranched alkanes of at least 4 members (excludes halogenated alkanes) is 1. The Kier molecular flexibility index (Phi) is 8.07. The molecule has 0 atom stereocenters. The van der Waals surface area contributed by atoms with Crippen molar-refractivity contribution in [1.82, 2.24) is 4.57 Å². The molecule has 0 rings (SSSR count). The molecular weight excluding hydrogens is 198 g/mol. The van der Waals surface area contributed by atoms with E-state index in [1.807, 2.05) is 0 Å². The maximum absolute atomic E-state index is 3.91. The van der Waals surface area contributed by atoms with E-state index >= 15 is 0 Å². The zero-order chi connectivity index (χ0) is 11.7. The lowest BCUT2D eigenvalue weighted by Gasteiger charge is -2.40. The third-order valence-electron chi connectivity index (χ3n) is 3.78. The van der Waals surface area contributed by atoms with E-state index in [0.29, 0.717) is 0 Å². The van der Waals surface area contributed by atoms with Gasteiger partial charge in [0.15, 0.2) is 0 Å². The van der Waals surface area contributed by atoms with Crippen molar-refractivity contribution in [3.05, 3.63) is 12.7 Å². The average Bonchev–Trinajstić information content (AvgIpc) is 2.28. The van der Waals surface area contributed by atoms with Crippen molar-refractivity contribution in [3.63, 3.8) is 0 Å². The number of rotatable bonds is 9. The Morgan fingerprint density at radius 2 is 1.60 bits per heavy atom. The predicted octanol–water partition coefficient (Wildman–Crippen LogP) is 4.28. The van der Waals surface area contributed by atoms with Gasteiger partial charge in [-0.15, -0.1) is 6.58 Å². The van der Waals surface area contributed by atoms with Crippen LogP contribution >= 0.6 is 0 Å². The number of hydrogen-bond acceptors (Lipinski definition) is 1. The van der Waals surface area contributed by atoms with Crippen molar-refractivity contribution < 1.29 is 0 Å². The van der Waals surface area contributed by atoms with Crippen LogP contribution in [0, 0.1) is 0 Å². The smallest absolute Gasteiger partial charge is 0.127 e. The fraction of sp³-hybridized carbons (Fsp3) is 0.846. The second-order valence-corrected chi connectivity index (χ2v) is 9.58. The molecule has 90 valence electrons. The molecule has 0 bridgehead atoms. The molecule has 0 aromatic heterocycles. The van der Waals surface area contributed by atoms with Crippen LogP contribution in [-0.2, 0) is 0 Å². The minimum Gasteiger partial charge on any atom is -0.320 e. The molecule has 2 heteroatoms. The van der Waals surface area contributed by atoms with Crippen molar-refractivity contribution in [1.29, 1.82) is 0 Å². The van der Waals surface area contributed by atoms with Crippen LogP contribution in [-0.4, -0.2) is 25.9 Å². The maximum atomic E-state index is 3.91. The van der Waals surface area contributed by atoms with E-state index < -0.39 is 8.24 Å². The minimum atomic E-state index is -1.14. The normalized spacial score (nSPS) is 12.1. The minimum absolute atomic E-state index is 1.10. The molecule has 0 aromatic rings. The first-order chi connectivity index (χ1) is 7.20. The van der Waals surface area contributed by atoms with E-state index in [9.17, 15) is 0 Å². The van der Waals surface area contributed by atoms with Gasteiger partial charge < -0.3 is 4.57 Å². The van der Waals surface area contributed by atoms with Crippen molar-refractivity contribution in [2.75, 3.05) is 13.1 Å². The largest absolute Gasteiger partial charge is 0.320 e. The lowest BCUT2D eigenvalue weighted by atomic mass is 10.3. The first-order valence-electron chi connectivity index (χ1n) is 6.56. The van der Waals surface area contributed by atoms with E-state index in [0.717, 1.165) is 6.54 Å². The molecule has 1 nitrogen and oxygen atoms in total. The van der Waals surface area contributed by atoms with Crippen molar-refractivity contribution >= 4 is 8.24 Å². The van der Waals surface area contributed by atoms with Crippen LogP contribution in [0.25, 0.3) is 0 Å². The molecule has 15 heavy (non-hydrogen) atoms. The SMILES string of the molecule is C=CCN(CCCC)[Si](CC)(CC)CC. The molecule has 0 saturated heterocycles. The van der Waals surface area contributed by atoms with Gasteiger partial charge in [-0.1, -0.05) is 40.2 Å². The zero-order valence-corrected chi connectivity index (χ0v) is 12.2. The highest BCUT2D eigenvalue weighted by Gasteiger charge is 2.33. The van der Waals surface area contributed by atoms with Gasteiger partial charge >= 0.3 is 0 Å². The highest BCUT2D eigenvalue weighted by molar-refractivity contribution is 6.77. The van der Waals surface area contributed by atoms with Crippen LogP contribution in [0.4, 0.5) is 0 Å². The molecule has 0 spiro atoms. The molecule has 0 unspecified atom stereocenters. The van der Waals surface area contributed by atoms with Crippen LogP contribution in [0.1, 0.15) is 40.5 Å². The highest BCUT2D eigenvalue weighted by Crippen LogP contribution is 2.25. The summed E-state index contributed by atoms with van der Waals surface area (Å²) >= 11 is 0. The zero-order valence-electron chi connectivity index (χ0n) is 11.2. The third kappa shape index (κ3) is 4.11. The van der Waals surface area contributed by atoms with Crippen LogP contribution in [0.2, 0.25) is 18.1 Å². The standard InChI is InChI=1S/C13H29NSi/c1-6-11-13-14(12-7-2)15(8-3,9-4)10-5/h7H,2,6,8-13H2,1,3-5H3. The predicted molar refractivity (Wildman–Crippen MR) is 73.9 cm³/mol. The second-order valence-electron chi connectivity index (χ2n) is 4.37. The Morgan fingerprint density at radius 1 is 1.07 bits per heavy atom. The molecule has 0 aliphatic carbocycles. The van der Waals surface area contributed by atoms with Crippen LogP contribution in [0.15, 0.2) is 12.7 Å². The number of hydrogen-bond donors (Lipinski definition) is 0. The molecule has 0 saturated carbocycles. The first kappa shape index (κ1) is 14.9. The van der Waals surface area contributed by atoms with E-state index in [2.05, 4.69) is 44.9 Å². The molecule has 0 N–H and O–H groups in total. The van der Waals surface area contributed by atoms with Gasteiger partial charge in [-0.3, -0.25) is 0 Å². The van der Waals surface area contributed by atoms with Crippen molar-refractivity contribution in [3.8, 4) is 0 Å². The number of nitrogens with zero attached hydrogens (tertiary/aromatic N) is 1. The molecule has 0 aliphatic heterocycles. The van der Waals surface area contributed by atoms with Gasteiger partial charge in [-0.25, -0.2) is 0 Å². The van der Waals surface area contributed by atoms with Gasteiger partial charge in [-0.05, 0) is 31.1 Å². The fourth-order valence-corrected chi connectivity index (χ4v) is 6.44. The monoisotopic (exact) mass is 227 g/mol. The molecular formula is C13H29NSi. The van der Waals surface area contributed by atoms with Gasteiger partial charge in [0, 0.05) is 6.54 Å². The summed E-state index contributed by atoms with van der Waals surface area (Å²) < 4.78 is 2.77. The van der Waals surface area contributed by atoms with Crippen molar-refractivity contribution in [2.45, 2.75) is 58.7 Å². The molecule has 0 aromatic carbocycles. The van der Waals surface area contributed by atoms with Crippen LogP contribution in [0.3, 0.4) is 0 Å². The van der Waals surface area contributed by atoms with E-state index in [4.69, 9.17) is 0 Å². The highest BCUT2D eigenvalue weighted by atomic mass is 28.3. The summed E-state index contributed by atoms with van der Waals surface area (Å²) in [6.45, 7) is 15.7. The molecule has 0 amide bonds. The van der Waals surface area contributed by atoms with Gasteiger partial charge in [0.05, 0.1) is 0 Å². The molecule has 0 radical (unpaired) electrons.